The van der Waals surface area contributed by atoms with Crippen LogP contribution in [0, 0.1) is 30.9 Å². The van der Waals surface area contributed by atoms with Gasteiger partial charge in [-0.1, -0.05) is 13.0 Å². The van der Waals surface area contributed by atoms with E-state index in [4.69, 9.17) is 17.0 Å². The highest BCUT2D eigenvalue weighted by atomic mass is 32.1. The number of carbonyl (C=O) groups excluding carboxylic acids is 1. The largest absolute Gasteiger partial charge is 0.496 e. The quantitative estimate of drug-likeness (QED) is 0.142. The maximum absolute atomic E-state index is 12.1. The summed E-state index contributed by atoms with van der Waals surface area (Å²) in [6.45, 7) is 7.65. The zero-order valence-electron chi connectivity index (χ0n) is 24.0. The number of hydrogen-bond donors (Lipinski definition) is 2. The number of methoxy groups -OCH3 is 1. The number of nitrogens with zero attached hydrogens (tertiary/aromatic N) is 4. The first kappa shape index (κ1) is 28.7. The van der Waals surface area contributed by atoms with E-state index in [0.717, 1.165) is 39.6 Å². The number of benzene rings is 2. The Morgan fingerprint density at radius 3 is 2.57 bits per heavy atom. The van der Waals surface area contributed by atoms with E-state index >= 15 is 0 Å². The van der Waals surface area contributed by atoms with Gasteiger partial charge in [-0.2, -0.15) is 0 Å². The molecule has 216 valence electrons. The maximum atomic E-state index is 12.1. The molecule has 2 aromatic heterocycles. The Hall–Kier alpha value is -4.77. The minimum Gasteiger partial charge on any atom is -0.496 e. The Labute approximate surface area is 249 Å². The van der Waals surface area contributed by atoms with E-state index in [-0.39, 0.29) is 23.7 Å². The van der Waals surface area contributed by atoms with Crippen LogP contribution in [0.2, 0.25) is 0 Å². The van der Waals surface area contributed by atoms with Crippen molar-refractivity contribution in [1.29, 1.82) is 0 Å². The number of rotatable bonds is 8. The van der Waals surface area contributed by atoms with Crippen LogP contribution in [0.15, 0.2) is 66.9 Å². The molecule has 42 heavy (non-hydrogen) atoms. The second-order valence-electron chi connectivity index (χ2n) is 10.2. The van der Waals surface area contributed by atoms with Gasteiger partial charge in [0.1, 0.15) is 11.4 Å². The van der Waals surface area contributed by atoms with Crippen molar-refractivity contribution in [2.24, 2.45) is 0 Å². The van der Waals surface area contributed by atoms with Crippen LogP contribution in [0.5, 0.6) is 5.75 Å². The Balaban J connectivity index is 1.66. The van der Waals surface area contributed by atoms with E-state index in [1.165, 1.54) is 13.2 Å². The number of nitrogens with one attached hydrogen (secondary N) is 2. The van der Waals surface area contributed by atoms with Crippen LogP contribution in [0.3, 0.4) is 0 Å². The number of nitro groups is 1. The van der Waals surface area contributed by atoms with Gasteiger partial charge in [-0.05, 0) is 92.6 Å². The van der Waals surface area contributed by atoms with Crippen molar-refractivity contribution >= 4 is 40.3 Å². The van der Waals surface area contributed by atoms with Gasteiger partial charge in [0.25, 0.3) is 5.69 Å². The van der Waals surface area contributed by atoms with Crippen LogP contribution >= 0.6 is 12.2 Å². The number of pyridine rings is 1. The van der Waals surface area contributed by atoms with Crippen LogP contribution < -0.4 is 20.3 Å². The summed E-state index contributed by atoms with van der Waals surface area (Å²) in [6, 6.07) is 17.9. The average molecular weight is 585 g/mol. The molecule has 1 saturated heterocycles. The Morgan fingerprint density at radius 2 is 1.93 bits per heavy atom. The highest BCUT2D eigenvalue weighted by Gasteiger charge is 2.42. The first-order chi connectivity index (χ1) is 20.1. The van der Waals surface area contributed by atoms with Gasteiger partial charge in [0.15, 0.2) is 5.11 Å². The Kier molecular flexibility index (Phi) is 7.95. The number of aryl methyl sites for hydroxylation is 2. The molecule has 4 aromatic rings. The molecule has 0 radical (unpaired) electrons. The molecule has 0 unspecified atom stereocenters. The van der Waals surface area contributed by atoms with E-state index in [1.807, 2.05) is 68.7 Å². The highest BCUT2D eigenvalue weighted by Crippen LogP contribution is 2.45. The summed E-state index contributed by atoms with van der Waals surface area (Å²) in [4.78, 5) is 30.4. The van der Waals surface area contributed by atoms with Crippen LogP contribution in [-0.4, -0.2) is 32.6 Å². The first-order valence-corrected chi connectivity index (χ1v) is 14.0. The molecule has 0 saturated carbocycles. The molecular weight excluding hydrogens is 552 g/mol. The van der Waals surface area contributed by atoms with Crippen molar-refractivity contribution in [3.63, 3.8) is 0 Å². The molecule has 1 aliphatic heterocycles. The molecule has 1 aliphatic rings. The van der Waals surface area contributed by atoms with Crippen LogP contribution in [0.4, 0.5) is 17.1 Å². The third kappa shape index (κ3) is 5.18. The lowest BCUT2D eigenvalue weighted by molar-refractivity contribution is -0.384. The highest BCUT2D eigenvalue weighted by molar-refractivity contribution is 7.80. The minimum atomic E-state index is -0.396. The molecule has 0 spiro atoms. The second-order valence-corrected chi connectivity index (χ2v) is 10.6. The lowest BCUT2D eigenvalue weighted by Gasteiger charge is -2.29. The molecule has 2 N–H and O–H groups in total. The number of ether oxygens (including phenoxy) is 1. The fourth-order valence-corrected chi connectivity index (χ4v) is 5.89. The molecule has 0 aliphatic carbocycles. The Morgan fingerprint density at radius 1 is 1.14 bits per heavy atom. The second kappa shape index (κ2) is 11.6. The molecule has 3 heterocycles. The van der Waals surface area contributed by atoms with Crippen molar-refractivity contribution in [2.75, 3.05) is 17.3 Å². The van der Waals surface area contributed by atoms with Crippen molar-refractivity contribution in [2.45, 2.75) is 46.2 Å². The van der Waals surface area contributed by atoms with Gasteiger partial charge in [0, 0.05) is 35.4 Å². The van der Waals surface area contributed by atoms with E-state index < -0.39 is 4.92 Å². The molecule has 0 bridgehead atoms. The molecule has 2 atom stereocenters. The van der Waals surface area contributed by atoms with Gasteiger partial charge >= 0.3 is 0 Å². The van der Waals surface area contributed by atoms with Gasteiger partial charge in [-0.3, -0.25) is 19.9 Å². The predicted molar refractivity (Wildman–Crippen MR) is 166 cm³/mol. The number of amides is 1. The number of carbonyl (C=O) groups is 1. The summed E-state index contributed by atoms with van der Waals surface area (Å²) >= 11 is 5.91. The number of nitro benzene ring substituents is 1. The molecular formula is C31H32N6O4S. The van der Waals surface area contributed by atoms with Crippen molar-refractivity contribution in [1.82, 2.24) is 14.9 Å². The zero-order valence-corrected chi connectivity index (χ0v) is 24.9. The first-order valence-electron chi connectivity index (χ1n) is 13.6. The standard InChI is InChI=1S/C31H32N6O4S/c1-6-28(38)33-24-12-10-21(15-18(24)2)36-30(29(34-31(36)42)25-9-7-8-14-32-25)23-16-19(3)35(20(23)4)26-13-11-22(41-5)17-27(26)37(39)40/h7-17,29-30H,6H2,1-5H3,(H,33,38)(H,34,42)/t29-,30-/m0/s1. The lowest BCUT2D eigenvalue weighted by Crippen LogP contribution is -2.29. The number of thiocarbonyl (C=S) groups is 1. The summed E-state index contributed by atoms with van der Waals surface area (Å²) in [5.74, 6) is 0.353. The third-order valence-electron chi connectivity index (χ3n) is 7.59. The van der Waals surface area contributed by atoms with Gasteiger partial charge in [-0.15, -0.1) is 0 Å². The minimum absolute atomic E-state index is 0.0544. The summed E-state index contributed by atoms with van der Waals surface area (Å²) < 4.78 is 7.15. The summed E-state index contributed by atoms with van der Waals surface area (Å²) in [5, 5.41) is 19.0. The van der Waals surface area contributed by atoms with Crippen LogP contribution in [0.1, 0.15) is 53.6 Å². The van der Waals surface area contributed by atoms with Gasteiger partial charge in [-0.25, -0.2) is 0 Å². The molecule has 1 amide bonds. The van der Waals surface area contributed by atoms with E-state index in [9.17, 15) is 14.9 Å². The Bertz CT molecular complexity index is 1690. The van der Waals surface area contributed by atoms with Crippen molar-refractivity contribution in [3.8, 4) is 11.4 Å². The van der Waals surface area contributed by atoms with Gasteiger partial charge in [0.05, 0.1) is 35.9 Å². The van der Waals surface area contributed by atoms with E-state index in [0.29, 0.717) is 23.0 Å². The monoisotopic (exact) mass is 584 g/mol. The summed E-state index contributed by atoms with van der Waals surface area (Å²) in [5.41, 5.74) is 6.32. The predicted octanol–water partition coefficient (Wildman–Crippen LogP) is 6.24. The van der Waals surface area contributed by atoms with Crippen LogP contribution in [0.25, 0.3) is 5.69 Å². The third-order valence-corrected chi connectivity index (χ3v) is 7.91. The average Bonchev–Trinajstić information content (AvgIpc) is 3.48. The smallest absolute Gasteiger partial charge is 0.296 e. The summed E-state index contributed by atoms with van der Waals surface area (Å²) in [7, 11) is 1.48. The maximum Gasteiger partial charge on any atom is 0.296 e. The number of anilines is 2. The van der Waals surface area contributed by atoms with Crippen molar-refractivity contribution < 1.29 is 14.5 Å². The molecule has 5 rings (SSSR count). The van der Waals surface area contributed by atoms with Crippen molar-refractivity contribution in [3.05, 3.63) is 105 Å². The molecule has 11 heteroatoms. The van der Waals surface area contributed by atoms with E-state index in [2.05, 4.69) is 26.6 Å². The number of aromatic nitrogens is 2. The van der Waals surface area contributed by atoms with Crippen LogP contribution in [-0.2, 0) is 4.79 Å². The topological polar surface area (TPSA) is 115 Å². The van der Waals surface area contributed by atoms with Gasteiger partial charge < -0.3 is 24.8 Å². The molecule has 10 nitrogen and oxygen atoms in total. The normalized spacial score (nSPS) is 16.3. The van der Waals surface area contributed by atoms with E-state index in [1.54, 1.807) is 18.3 Å². The zero-order chi connectivity index (χ0) is 30.1. The fraction of sp³-hybridized carbons (Fsp3) is 0.258. The molecule has 2 aromatic carbocycles. The summed E-state index contributed by atoms with van der Waals surface area (Å²) in [6.07, 6.45) is 2.14. The number of hydrogen-bond acceptors (Lipinski definition) is 6. The SMILES string of the molecule is CCC(=O)Nc1ccc(N2C(=S)N[C@@H](c3ccccn3)[C@@H]2c2cc(C)n(-c3ccc(OC)cc3[N+](=O)[O-])c2C)cc1C. The molecule has 1 fully saturated rings. The fourth-order valence-electron chi connectivity index (χ4n) is 5.55. The van der Waals surface area contributed by atoms with Gasteiger partial charge in [0.2, 0.25) is 5.91 Å². The lowest BCUT2D eigenvalue weighted by atomic mass is 9.96.